The summed E-state index contributed by atoms with van der Waals surface area (Å²) in [7, 11) is 0. The molecule has 2 rings (SSSR count). The Hall–Kier alpha value is -1.19. The average molecular weight is 299 g/mol. The van der Waals surface area contributed by atoms with Crippen molar-refractivity contribution >= 4 is 29.0 Å². The van der Waals surface area contributed by atoms with E-state index in [1.807, 2.05) is 6.07 Å². The highest BCUT2D eigenvalue weighted by Gasteiger charge is 2.24. The van der Waals surface area contributed by atoms with Crippen molar-refractivity contribution in [2.24, 2.45) is 5.92 Å². The molecule has 3 nitrogen and oxygen atoms in total. The van der Waals surface area contributed by atoms with Gasteiger partial charge in [-0.3, -0.25) is 0 Å². The van der Waals surface area contributed by atoms with E-state index in [0.717, 1.165) is 16.9 Å². The van der Waals surface area contributed by atoms with Crippen molar-refractivity contribution in [3.05, 3.63) is 34.0 Å². The average Bonchev–Trinajstić information content (AvgIpc) is 2.70. The molecule has 2 aromatic rings. The van der Waals surface area contributed by atoms with Crippen LogP contribution >= 0.6 is 23.2 Å². The Morgan fingerprint density at radius 1 is 1.21 bits per heavy atom. The first-order valence-corrected chi connectivity index (χ1v) is 6.87. The van der Waals surface area contributed by atoms with Crippen molar-refractivity contribution in [3.63, 3.8) is 0 Å². The van der Waals surface area contributed by atoms with Gasteiger partial charge in [-0.15, -0.1) is 0 Å². The number of aromatic nitrogens is 1. The number of benzene rings is 1. The summed E-state index contributed by atoms with van der Waals surface area (Å²) in [5.74, 6) is 1.73. The normalized spacial score (nSPS) is 12.9. The second kappa shape index (κ2) is 5.43. The molecule has 5 heteroatoms. The van der Waals surface area contributed by atoms with Crippen LogP contribution < -0.4 is 5.73 Å². The fraction of sp³-hybridized carbons (Fsp3) is 0.357. The number of nitrogens with zero attached hydrogens (tertiary/aromatic N) is 1. The maximum atomic E-state index is 6.24. The predicted molar refractivity (Wildman–Crippen MR) is 79.6 cm³/mol. The quantitative estimate of drug-likeness (QED) is 0.868. The molecule has 0 aliphatic heterocycles. The number of rotatable bonds is 3. The molecule has 0 saturated heterocycles. The predicted octanol–water partition coefficient (Wildman–Crippen LogP) is 4.99. The molecule has 0 saturated carbocycles. The van der Waals surface area contributed by atoms with Gasteiger partial charge in [0.1, 0.15) is 5.76 Å². The number of hydrogen-bond acceptors (Lipinski definition) is 3. The van der Waals surface area contributed by atoms with Crippen molar-refractivity contribution in [2.75, 3.05) is 5.73 Å². The Bertz CT molecular complexity index is 593. The molecule has 1 aromatic carbocycles. The van der Waals surface area contributed by atoms with Gasteiger partial charge in [0, 0.05) is 16.5 Å². The van der Waals surface area contributed by atoms with Crippen LogP contribution in [0.15, 0.2) is 22.7 Å². The van der Waals surface area contributed by atoms with E-state index in [1.165, 1.54) is 0 Å². The minimum atomic E-state index is 0.201. The lowest BCUT2D eigenvalue weighted by molar-refractivity contribution is 0.341. The van der Waals surface area contributed by atoms with Crippen molar-refractivity contribution in [1.82, 2.24) is 5.16 Å². The zero-order valence-corrected chi connectivity index (χ0v) is 12.6. The fourth-order valence-electron chi connectivity index (χ4n) is 1.89. The Morgan fingerprint density at radius 2 is 1.89 bits per heavy atom. The van der Waals surface area contributed by atoms with Crippen molar-refractivity contribution < 1.29 is 4.52 Å². The van der Waals surface area contributed by atoms with Crippen LogP contribution in [0.2, 0.25) is 10.0 Å². The first-order chi connectivity index (χ1) is 8.91. The molecule has 0 amide bonds. The molecule has 0 spiro atoms. The highest BCUT2D eigenvalue weighted by atomic mass is 35.5. The zero-order chi connectivity index (χ0) is 14.2. The molecule has 0 bridgehead atoms. The van der Waals surface area contributed by atoms with E-state index in [4.69, 9.17) is 33.5 Å². The molecule has 1 aromatic heterocycles. The number of nitrogen functional groups attached to an aromatic ring is 1. The van der Waals surface area contributed by atoms with E-state index in [0.29, 0.717) is 21.8 Å². The number of halogens is 2. The SMILES string of the molecule is CC(C)C(C)c1onc(N)c1-c1ccc(Cl)cc1Cl. The highest BCUT2D eigenvalue weighted by molar-refractivity contribution is 6.36. The maximum Gasteiger partial charge on any atom is 0.175 e. The van der Waals surface area contributed by atoms with Crippen LogP contribution in [0, 0.1) is 5.92 Å². The Labute approximate surface area is 122 Å². The van der Waals surface area contributed by atoms with E-state index in [2.05, 4.69) is 25.9 Å². The second-order valence-corrected chi connectivity index (χ2v) is 5.81. The molecule has 0 aliphatic rings. The molecule has 0 aliphatic carbocycles. The number of hydrogen-bond donors (Lipinski definition) is 1. The van der Waals surface area contributed by atoms with E-state index in [1.54, 1.807) is 12.1 Å². The summed E-state index contributed by atoms with van der Waals surface area (Å²) in [5, 5.41) is 5.00. The van der Waals surface area contributed by atoms with Crippen LogP contribution in [0.4, 0.5) is 5.82 Å². The topological polar surface area (TPSA) is 52.0 Å². The van der Waals surface area contributed by atoms with Gasteiger partial charge in [0.05, 0.1) is 10.6 Å². The zero-order valence-electron chi connectivity index (χ0n) is 11.1. The first-order valence-electron chi connectivity index (χ1n) is 6.12. The smallest absolute Gasteiger partial charge is 0.175 e. The summed E-state index contributed by atoms with van der Waals surface area (Å²) in [5.41, 5.74) is 7.49. The maximum absolute atomic E-state index is 6.24. The summed E-state index contributed by atoms with van der Waals surface area (Å²) >= 11 is 12.2. The van der Waals surface area contributed by atoms with Gasteiger partial charge in [-0.05, 0) is 18.1 Å². The largest absolute Gasteiger partial charge is 0.380 e. The molecular weight excluding hydrogens is 283 g/mol. The molecule has 1 unspecified atom stereocenters. The number of anilines is 1. The van der Waals surface area contributed by atoms with Crippen LogP contribution in [0.1, 0.15) is 32.4 Å². The highest BCUT2D eigenvalue weighted by Crippen LogP contribution is 2.40. The van der Waals surface area contributed by atoms with E-state index < -0.39 is 0 Å². The van der Waals surface area contributed by atoms with Crippen molar-refractivity contribution in [3.8, 4) is 11.1 Å². The fourth-order valence-corrected chi connectivity index (χ4v) is 2.40. The van der Waals surface area contributed by atoms with Gasteiger partial charge in [0.2, 0.25) is 0 Å². The molecule has 102 valence electrons. The van der Waals surface area contributed by atoms with Gasteiger partial charge < -0.3 is 10.3 Å². The first kappa shape index (κ1) is 14.2. The second-order valence-electron chi connectivity index (χ2n) is 4.96. The lowest BCUT2D eigenvalue weighted by Gasteiger charge is -2.14. The Kier molecular flexibility index (Phi) is 4.07. The summed E-state index contributed by atoms with van der Waals surface area (Å²) in [6.07, 6.45) is 0. The minimum absolute atomic E-state index is 0.201. The van der Waals surface area contributed by atoms with Crippen LogP contribution in [-0.4, -0.2) is 5.16 Å². The van der Waals surface area contributed by atoms with Crippen LogP contribution in [0.25, 0.3) is 11.1 Å². The summed E-state index contributed by atoms with van der Waals surface area (Å²) in [6.45, 7) is 6.32. The van der Waals surface area contributed by atoms with Gasteiger partial charge in [-0.2, -0.15) is 0 Å². The Morgan fingerprint density at radius 3 is 2.47 bits per heavy atom. The van der Waals surface area contributed by atoms with Gasteiger partial charge in [0.15, 0.2) is 5.82 Å². The monoisotopic (exact) mass is 298 g/mol. The Balaban J connectivity index is 2.58. The minimum Gasteiger partial charge on any atom is -0.380 e. The van der Waals surface area contributed by atoms with Crippen LogP contribution in [0.3, 0.4) is 0 Å². The molecule has 0 fully saturated rings. The lowest BCUT2D eigenvalue weighted by Crippen LogP contribution is -2.02. The summed E-state index contributed by atoms with van der Waals surface area (Å²) in [4.78, 5) is 0. The van der Waals surface area contributed by atoms with Crippen LogP contribution in [0.5, 0.6) is 0 Å². The third kappa shape index (κ3) is 2.72. The molecule has 2 N–H and O–H groups in total. The van der Waals surface area contributed by atoms with E-state index in [9.17, 15) is 0 Å². The summed E-state index contributed by atoms with van der Waals surface area (Å²) in [6, 6.07) is 5.30. The molecule has 19 heavy (non-hydrogen) atoms. The van der Waals surface area contributed by atoms with E-state index >= 15 is 0 Å². The summed E-state index contributed by atoms with van der Waals surface area (Å²) < 4.78 is 5.39. The molecule has 0 radical (unpaired) electrons. The van der Waals surface area contributed by atoms with Gasteiger partial charge in [0.25, 0.3) is 0 Å². The van der Waals surface area contributed by atoms with Gasteiger partial charge in [-0.1, -0.05) is 55.2 Å². The van der Waals surface area contributed by atoms with Gasteiger partial charge in [-0.25, -0.2) is 0 Å². The van der Waals surface area contributed by atoms with E-state index in [-0.39, 0.29) is 5.92 Å². The van der Waals surface area contributed by atoms with Crippen LogP contribution in [-0.2, 0) is 0 Å². The number of nitrogens with two attached hydrogens (primary N) is 1. The van der Waals surface area contributed by atoms with Gasteiger partial charge >= 0.3 is 0 Å². The van der Waals surface area contributed by atoms with Crippen molar-refractivity contribution in [2.45, 2.75) is 26.7 Å². The van der Waals surface area contributed by atoms with Crippen molar-refractivity contribution in [1.29, 1.82) is 0 Å². The molecule has 1 atom stereocenters. The lowest BCUT2D eigenvalue weighted by atomic mass is 9.91. The molecule has 1 heterocycles. The third-order valence-corrected chi connectivity index (χ3v) is 3.91. The molecular formula is C14H16Cl2N2O. The standard InChI is InChI=1S/C14H16Cl2N2O/c1-7(2)8(3)13-12(14(17)18-19-13)10-5-4-9(15)6-11(10)16/h4-8H,1-3H3,(H2,17,18). The third-order valence-electron chi connectivity index (χ3n) is 3.36.